The molecule has 0 saturated carbocycles. The lowest BCUT2D eigenvalue weighted by Crippen LogP contribution is -2.46. The van der Waals surface area contributed by atoms with E-state index in [0.29, 0.717) is 6.04 Å². The molecule has 2 aromatic rings. The quantitative estimate of drug-likeness (QED) is 0.867. The molecule has 0 amide bonds. The highest BCUT2D eigenvalue weighted by Crippen LogP contribution is 2.21. The zero-order chi connectivity index (χ0) is 15.5. The van der Waals surface area contributed by atoms with Crippen molar-refractivity contribution in [3.05, 3.63) is 41.9 Å². The van der Waals surface area contributed by atoms with Crippen LogP contribution >= 0.6 is 0 Å². The standard InChI is InChI=1S/C17H25N5/c1-14-15(11-19-21(14)3)12-20(2)16-7-6-10-22(13-16)17-8-4-5-9-18-17/h4-5,8-9,11,16H,6-7,10,12-13H2,1-3H3/t16-/m0/s1. The van der Waals surface area contributed by atoms with Gasteiger partial charge in [-0.2, -0.15) is 5.10 Å². The first-order valence-corrected chi connectivity index (χ1v) is 7.99. The third-order valence-electron chi connectivity index (χ3n) is 4.75. The second-order valence-electron chi connectivity index (χ2n) is 6.22. The highest BCUT2D eigenvalue weighted by molar-refractivity contribution is 5.38. The van der Waals surface area contributed by atoms with Gasteiger partial charge in [0.25, 0.3) is 0 Å². The van der Waals surface area contributed by atoms with Gasteiger partial charge in [0.15, 0.2) is 0 Å². The van der Waals surface area contributed by atoms with Crippen LogP contribution in [-0.2, 0) is 13.6 Å². The summed E-state index contributed by atoms with van der Waals surface area (Å²) in [6.07, 6.45) is 6.34. The Bertz CT molecular complexity index is 607. The second-order valence-corrected chi connectivity index (χ2v) is 6.22. The Balaban J connectivity index is 1.65. The van der Waals surface area contributed by atoms with Crippen molar-refractivity contribution >= 4 is 5.82 Å². The third kappa shape index (κ3) is 3.14. The number of anilines is 1. The van der Waals surface area contributed by atoms with Gasteiger partial charge in [-0.15, -0.1) is 0 Å². The fourth-order valence-electron chi connectivity index (χ4n) is 3.16. The molecule has 118 valence electrons. The van der Waals surface area contributed by atoms with Gasteiger partial charge in [-0.05, 0) is 38.9 Å². The summed E-state index contributed by atoms with van der Waals surface area (Å²) >= 11 is 0. The first-order chi connectivity index (χ1) is 10.6. The van der Waals surface area contributed by atoms with Crippen molar-refractivity contribution < 1.29 is 0 Å². The predicted molar refractivity (Wildman–Crippen MR) is 88.9 cm³/mol. The summed E-state index contributed by atoms with van der Waals surface area (Å²) in [6.45, 7) is 5.25. The van der Waals surface area contributed by atoms with E-state index in [2.05, 4.69) is 46.0 Å². The fraction of sp³-hybridized carbons (Fsp3) is 0.529. The number of aryl methyl sites for hydroxylation is 1. The molecule has 0 spiro atoms. The zero-order valence-corrected chi connectivity index (χ0v) is 13.7. The predicted octanol–water partition coefficient (Wildman–Crippen LogP) is 2.22. The Morgan fingerprint density at radius 2 is 2.23 bits per heavy atom. The normalized spacial score (nSPS) is 18.9. The van der Waals surface area contributed by atoms with Crippen LogP contribution in [0.3, 0.4) is 0 Å². The lowest BCUT2D eigenvalue weighted by atomic mass is 10.0. The number of likely N-dealkylation sites (N-methyl/N-ethyl adjacent to an activating group) is 1. The van der Waals surface area contributed by atoms with Crippen molar-refractivity contribution in [3.63, 3.8) is 0 Å². The van der Waals surface area contributed by atoms with Crippen LogP contribution in [0.5, 0.6) is 0 Å². The summed E-state index contributed by atoms with van der Waals surface area (Å²) in [7, 11) is 4.22. The number of pyridine rings is 1. The number of piperidine rings is 1. The molecule has 1 atom stereocenters. The van der Waals surface area contributed by atoms with Crippen molar-refractivity contribution in [3.8, 4) is 0 Å². The molecule has 0 radical (unpaired) electrons. The Labute approximate surface area is 132 Å². The number of hydrogen-bond acceptors (Lipinski definition) is 4. The monoisotopic (exact) mass is 299 g/mol. The molecule has 3 heterocycles. The van der Waals surface area contributed by atoms with E-state index in [4.69, 9.17) is 0 Å². The SMILES string of the molecule is Cc1c(CN(C)[C@H]2CCCN(c3ccccn3)C2)cnn1C. The van der Waals surface area contributed by atoms with E-state index in [-0.39, 0.29) is 0 Å². The smallest absolute Gasteiger partial charge is 0.128 e. The van der Waals surface area contributed by atoms with E-state index >= 15 is 0 Å². The van der Waals surface area contributed by atoms with E-state index in [1.807, 2.05) is 30.2 Å². The molecule has 0 N–H and O–H groups in total. The zero-order valence-electron chi connectivity index (χ0n) is 13.7. The van der Waals surface area contributed by atoms with E-state index in [1.165, 1.54) is 24.1 Å². The molecule has 5 heteroatoms. The molecule has 0 aliphatic carbocycles. The minimum atomic E-state index is 0.565. The fourth-order valence-corrected chi connectivity index (χ4v) is 3.16. The first-order valence-electron chi connectivity index (χ1n) is 7.99. The van der Waals surface area contributed by atoms with E-state index in [1.54, 1.807) is 0 Å². The minimum Gasteiger partial charge on any atom is -0.355 e. The highest BCUT2D eigenvalue weighted by Gasteiger charge is 2.24. The van der Waals surface area contributed by atoms with Crippen molar-refractivity contribution in [2.24, 2.45) is 7.05 Å². The van der Waals surface area contributed by atoms with Crippen molar-refractivity contribution in [2.45, 2.75) is 32.4 Å². The second kappa shape index (κ2) is 6.48. The van der Waals surface area contributed by atoms with Crippen LogP contribution in [0.25, 0.3) is 0 Å². The molecule has 0 unspecified atom stereocenters. The van der Waals surface area contributed by atoms with E-state index < -0.39 is 0 Å². The molecule has 1 saturated heterocycles. The van der Waals surface area contributed by atoms with Crippen LogP contribution in [0.15, 0.2) is 30.6 Å². The molecule has 0 bridgehead atoms. The molecule has 3 rings (SSSR count). The van der Waals surface area contributed by atoms with Crippen molar-refractivity contribution in [1.29, 1.82) is 0 Å². The molecule has 5 nitrogen and oxygen atoms in total. The van der Waals surface area contributed by atoms with Crippen LogP contribution in [0.4, 0.5) is 5.82 Å². The van der Waals surface area contributed by atoms with Gasteiger partial charge in [-0.1, -0.05) is 6.07 Å². The highest BCUT2D eigenvalue weighted by atomic mass is 15.3. The molecular weight excluding hydrogens is 274 g/mol. The average molecular weight is 299 g/mol. The van der Waals surface area contributed by atoms with Gasteiger partial charge < -0.3 is 4.90 Å². The maximum Gasteiger partial charge on any atom is 0.128 e. The van der Waals surface area contributed by atoms with Crippen LogP contribution in [-0.4, -0.2) is 45.8 Å². The molecule has 1 aliphatic rings. The molecule has 22 heavy (non-hydrogen) atoms. The van der Waals surface area contributed by atoms with Crippen LogP contribution in [0.2, 0.25) is 0 Å². The Kier molecular flexibility index (Phi) is 4.43. The summed E-state index contributed by atoms with van der Waals surface area (Å²) in [4.78, 5) is 9.35. The summed E-state index contributed by atoms with van der Waals surface area (Å²) in [5.74, 6) is 1.10. The topological polar surface area (TPSA) is 37.2 Å². The van der Waals surface area contributed by atoms with E-state index in [0.717, 1.165) is 25.5 Å². The van der Waals surface area contributed by atoms with Gasteiger partial charge in [0.2, 0.25) is 0 Å². The molecule has 1 fully saturated rings. The third-order valence-corrected chi connectivity index (χ3v) is 4.75. The Morgan fingerprint density at radius 1 is 1.36 bits per heavy atom. The van der Waals surface area contributed by atoms with Gasteiger partial charge in [0, 0.05) is 50.2 Å². The molecule has 0 aromatic carbocycles. The number of aromatic nitrogens is 3. The summed E-state index contributed by atoms with van der Waals surface area (Å²) in [6, 6.07) is 6.71. The first kappa shape index (κ1) is 15.0. The lowest BCUT2D eigenvalue weighted by molar-refractivity contribution is 0.207. The molecule has 1 aliphatic heterocycles. The summed E-state index contributed by atoms with van der Waals surface area (Å²) in [5.41, 5.74) is 2.57. The number of rotatable bonds is 4. The van der Waals surface area contributed by atoms with Crippen molar-refractivity contribution in [1.82, 2.24) is 19.7 Å². The van der Waals surface area contributed by atoms with E-state index in [9.17, 15) is 0 Å². The minimum absolute atomic E-state index is 0.565. The maximum absolute atomic E-state index is 4.49. The molecular formula is C17H25N5. The Morgan fingerprint density at radius 3 is 2.91 bits per heavy atom. The lowest BCUT2D eigenvalue weighted by Gasteiger charge is -2.38. The number of nitrogens with zero attached hydrogens (tertiary/aromatic N) is 5. The van der Waals surface area contributed by atoms with Crippen LogP contribution in [0, 0.1) is 6.92 Å². The largest absolute Gasteiger partial charge is 0.355 e. The van der Waals surface area contributed by atoms with Gasteiger partial charge in [0.1, 0.15) is 5.82 Å². The summed E-state index contributed by atoms with van der Waals surface area (Å²) in [5, 5.41) is 4.35. The van der Waals surface area contributed by atoms with Crippen LogP contribution < -0.4 is 4.90 Å². The van der Waals surface area contributed by atoms with Gasteiger partial charge in [0.05, 0.1) is 6.20 Å². The Hall–Kier alpha value is -1.88. The van der Waals surface area contributed by atoms with Gasteiger partial charge in [-0.3, -0.25) is 9.58 Å². The summed E-state index contributed by atoms with van der Waals surface area (Å²) < 4.78 is 1.95. The average Bonchev–Trinajstić information content (AvgIpc) is 2.88. The molecule has 2 aromatic heterocycles. The maximum atomic E-state index is 4.49. The van der Waals surface area contributed by atoms with Crippen LogP contribution in [0.1, 0.15) is 24.1 Å². The van der Waals surface area contributed by atoms with Gasteiger partial charge in [-0.25, -0.2) is 4.98 Å². The van der Waals surface area contributed by atoms with Gasteiger partial charge >= 0.3 is 0 Å². The van der Waals surface area contributed by atoms with Crippen molar-refractivity contribution in [2.75, 3.05) is 25.0 Å². The number of hydrogen-bond donors (Lipinski definition) is 0.